The molecule has 0 spiro atoms. The van der Waals surface area contributed by atoms with E-state index in [-0.39, 0.29) is 11.5 Å². The molecular weight excluding hydrogens is 214 g/mol. The maximum atomic E-state index is 11.1. The van der Waals surface area contributed by atoms with E-state index in [1.165, 1.54) is 0 Å². The van der Waals surface area contributed by atoms with E-state index in [2.05, 4.69) is 4.98 Å². The van der Waals surface area contributed by atoms with Crippen molar-refractivity contribution in [2.24, 2.45) is 0 Å². The van der Waals surface area contributed by atoms with Crippen molar-refractivity contribution in [1.82, 2.24) is 4.98 Å². The lowest BCUT2D eigenvalue weighted by Gasteiger charge is -2.14. The van der Waals surface area contributed by atoms with Gasteiger partial charge in [0.15, 0.2) is 0 Å². The Bertz CT molecular complexity index is 390. The van der Waals surface area contributed by atoms with Gasteiger partial charge in [0.1, 0.15) is 5.15 Å². The van der Waals surface area contributed by atoms with E-state index in [4.69, 9.17) is 16.7 Å². The van der Waals surface area contributed by atoms with Crippen LogP contribution in [-0.4, -0.2) is 16.1 Å². The number of aromatic carboxylic acids is 1. The minimum absolute atomic E-state index is 0.176. The minimum Gasteiger partial charge on any atom is -0.478 e. The molecule has 1 N–H and O–H groups in total. The molecule has 3 nitrogen and oxygen atoms in total. The quantitative estimate of drug-likeness (QED) is 0.807. The molecule has 1 aromatic rings. The number of halogens is 1. The number of hydrogen-bond donors (Lipinski definition) is 1. The minimum atomic E-state index is -0.938. The van der Waals surface area contributed by atoms with Crippen LogP contribution in [0.2, 0.25) is 5.15 Å². The summed E-state index contributed by atoms with van der Waals surface area (Å²) >= 11 is 5.82. The van der Waals surface area contributed by atoms with Crippen molar-refractivity contribution < 1.29 is 9.90 Å². The summed E-state index contributed by atoms with van der Waals surface area (Å²) in [6.45, 7) is 5.67. The van der Waals surface area contributed by atoms with Crippen molar-refractivity contribution in [3.8, 4) is 0 Å². The Morgan fingerprint density at radius 2 is 2.27 bits per heavy atom. The van der Waals surface area contributed by atoms with Crippen LogP contribution in [0.3, 0.4) is 0 Å². The van der Waals surface area contributed by atoms with Gasteiger partial charge in [-0.2, -0.15) is 0 Å². The van der Waals surface area contributed by atoms with Crippen LogP contribution < -0.4 is 0 Å². The highest BCUT2D eigenvalue weighted by Crippen LogP contribution is 2.26. The van der Waals surface area contributed by atoms with Gasteiger partial charge < -0.3 is 5.11 Å². The first-order valence-corrected chi connectivity index (χ1v) is 5.25. The zero-order valence-corrected chi connectivity index (χ0v) is 9.80. The Labute approximate surface area is 94.1 Å². The third-order valence-electron chi connectivity index (χ3n) is 2.56. The summed E-state index contributed by atoms with van der Waals surface area (Å²) < 4.78 is 0. The summed E-state index contributed by atoms with van der Waals surface area (Å²) in [6, 6.07) is 1.65. The average molecular weight is 228 g/mol. The Balaban J connectivity index is 3.39. The number of rotatable bonds is 3. The van der Waals surface area contributed by atoms with Gasteiger partial charge in [0.2, 0.25) is 0 Å². The van der Waals surface area contributed by atoms with Crippen molar-refractivity contribution in [3.05, 3.63) is 28.0 Å². The zero-order valence-electron chi connectivity index (χ0n) is 9.04. The topological polar surface area (TPSA) is 50.2 Å². The molecule has 0 aliphatic heterocycles. The molecule has 1 rings (SSSR count). The molecule has 0 aliphatic carbocycles. The van der Waals surface area contributed by atoms with Crippen LogP contribution in [0.4, 0.5) is 0 Å². The standard InChI is InChI=1S/C11H14ClNO2/c1-4-6(2)8-5-9(12)13-7(3)10(8)11(14)15/h5-6H,4H2,1-3H3,(H,14,15). The highest BCUT2D eigenvalue weighted by atomic mass is 35.5. The predicted molar refractivity (Wildman–Crippen MR) is 59.6 cm³/mol. The highest BCUT2D eigenvalue weighted by molar-refractivity contribution is 6.29. The van der Waals surface area contributed by atoms with Gasteiger partial charge in [-0.3, -0.25) is 0 Å². The van der Waals surface area contributed by atoms with E-state index in [0.717, 1.165) is 12.0 Å². The first-order chi connectivity index (χ1) is 6.97. The van der Waals surface area contributed by atoms with Gasteiger partial charge >= 0.3 is 5.97 Å². The molecular formula is C11H14ClNO2. The number of aryl methyl sites for hydroxylation is 1. The van der Waals surface area contributed by atoms with E-state index >= 15 is 0 Å². The fourth-order valence-electron chi connectivity index (χ4n) is 1.54. The third kappa shape index (κ3) is 2.48. The Morgan fingerprint density at radius 1 is 1.67 bits per heavy atom. The number of aromatic nitrogens is 1. The van der Waals surface area contributed by atoms with Crippen LogP contribution >= 0.6 is 11.6 Å². The molecule has 0 aliphatic rings. The SMILES string of the molecule is CCC(C)c1cc(Cl)nc(C)c1C(=O)O. The number of pyridine rings is 1. The molecule has 0 amide bonds. The monoisotopic (exact) mass is 227 g/mol. The number of nitrogens with zero attached hydrogens (tertiary/aromatic N) is 1. The Kier molecular flexibility index (Phi) is 3.69. The fourth-order valence-corrected chi connectivity index (χ4v) is 1.79. The lowest BCUT2D eigenvalue weighted by molar-refractivity contribution is 0.0694. The lowest BCUT2D eigenvalue weighted by atomic mass is 9.93. The molecule has 1 heterocycles. The molecule has 15 heavy (non-hydrogen) atoms. The Morgan fingerprint density at radius 3 is 2.73 bits per heavy atom. The number of carboxylic acids is 1. The molecule has 1 atom stereocenters. The van der Waals surface area contributed by atoms with Crippen molar-refractivity contribution >= 4 is 17.6 Å². The molecule has 0 saturated heterocycles. The molecule has 0 fully saturated rings. The van der Waals surface area contributed by atoms with Gasteiger partial charge in [-0.1, -0.05) is 25.4 Å². The lowest BCUT2D eigenvalue weighted by Crippen LogP contribution is -2.09. The van der Waals surface area contributed by atoms with E-state index in [9.17, 15) is 4.79 Å². The second-order valence-electron chi connectivity index (χ2n) is 3.61. The maximum Gasteiger partial charge on any atom is 0.337 e. The smallest absolute Gasteiger partial charge is 0.337 e. The van der Waals surface area contributed by atoms with Gasteiger partial charge in [-0.25, -0.2) is 9.78 Å². The maximum absolute atomic E-state index is 11.1. The first-order valence-electron chi connectivity index (χ1n) is 4.87. The van der Waals surface area contributed by atoms with Crippen molar-refractivity contribution in [1.29, 1.82) is 0 Å². The summed E-state index contributed by atoms with van der Waals surface area (Å²) in [4.78, 5) is 15.0. The van der Waals surface area contributed by atoms with Crippen LogP contribution in [0.1, 0.15) is 47.8 Å². The molecule has 82 valence electrons. The van der Waals surface area contributed by atoms with E-state index < -0.39 is 5.97 Å². The summed E-state index contributed by atoms with van der Waals surface area (Å²) in [6.07, 6.45) is 0.875. The van der Waals surface area contributed by atoms with E-state index in [1.807, 2.05) is 13.8 Å². The molecule has 0 radical (unpaired) electrons. The molecule has 0 bridgehead atoms. The third-order valence-corrected chi connectivity index (χ3v) is 2.75. The zero-order chi connectivity index (χ0) is 11.6. The van der Waals surface area contributed by atoms with Gasteiger partial charge in [0.05, 0.1) is 11.3 Å². The summed E-state index contributed by atoms with van der Waals surface area (Å²) in [5.41, 5.74) is 1.53. The van der Waals surface area contributed by atoms with Crippen LogP contribution in [0, 0.1) is 6.92 Å². The number of hydrogen-bond acceptors (Lipinski definition) is 2. The van der Waals surface area contributed by atoms with Gasteiger partial charge in [-0.15, -0.1) is 0 Å². The molecule has 4 heteroatoms. The summed E-state index contributed by atoms with van der Waals surface area (Å²) in [7, 11) is 0. The van der Waals surface area contributed by atoms with Gasteiger partial charge in [0, 0.05) is 0 Å². The largest absolute Gasteiger partial charge is 0.478 e. The number of carbonyl (C=O) groups is 1. The molecule has 0 aromatic carbocycles. The van der Waals surface area contributed by atoms with Crippen LogP contribution in [0.25, 0.3) is 0 Å². The second kappa shape index (κ2) is 4.62. The molecule has 1 aromatic heterocycles. The number of carboxylic acid groups (broad SMARTS) is 1. The molecule has 0 saturated carbocycles. The van der Waals surface area contributed by atoms with E-state index in [0.29, 0.717) is 10.8 Å². The second-order valence-corrected chi connectivity index (χ2v) is 4.00. The van der Waals surface area contributed by atoms with Crippen molar-refractivity contribution in [3.63, 3.8) is 0 Å². The highest BCUT2D eigenvalue weighted by Gasteiger charge is 2.18. The Hall–Kier alpha value is -1.09. The normalized spacial score (nSPS) is 12.5. The molecule has 1 unspecified atom stereocenters. The van der Waals surface area contributed by atoms with Gasteiger partial charge in [-0.05, 0) is 30.9 Å². The van der Waals surface area contributed by atoms with Crippen molar-refractivity contribution in [2.75, 3.05) is 0 Å². The van der Waals surface area contributed by atoms with Crippen LogP contribution in [0.5, 0.6) is 0 Å². The predicted octanol–water partition coefficient (Wildman–Crippen LogP) is 3.26. The fraction of sp³-hybridized carbons (Fsp3) is 0.455. The van der Waals surface area contributed by atoms with Crippen molar-refractivity contribution in [2.45, 2.75) is 33.1 Å². The van der Waals surface area contributed by atoms with Crippen LogP contribution in [0.15, 0.2) is 6.07 Å². The van der Waals surface area contributed by atoms with E-state index in [1.54, 1.807) is 13.0 Å². The average Bonchev–Trinajstić information content (AvgIpc) is 2.14. The van der Waals surface area contributed by atoms with Gasteiger partial charge in [0.25, 0.3) is 0 Å². The van der Waals surface area contributed by atoms with Crippen LogP contribution in [-0.2, 0) is 0 Å². The first kappa shape index (κ1) is 12.0. The summed E-state index contributed by atoms with van der Waals surface area (Å²) in [5, 5.41) is 9.45. The summed E-state index contributed by atoms with van der Waals surface area (Å²) in [5.74, 6) is -0.762.